The van der Waals surface area contributed by atoms with Gasteiger partial charge in [-0.3, -0.25) is 0 Å². The summed E-state index contributed by atoms with van der Waals surface area (Å²) in [6, 6.07) is 0. The number of hydrogen-bond acceptors (Lipinski definition) is 3. The second-order valence-electron chi connectivity index (χ2n) is 5.94. The van der Waals surface area contributed by atoms with Gasteiger partial charge in [0, 0.05) is 5.54 Å². The van der Waals surface area contributed by atoms with E-state index in [4.69, 9.17) is 0 Å². The number of aliphatic hydroxyl groups is 1. The molecule has 2 unspecified atom stereocenters. The Labute approximate surface area is 124 Å². The summed E-state index contributed by atoms with van der Waals surface area (Å²) in [4.78, 5) is 0. The van der Waals surface area contributed by atoms with Gasteiger partial charge in [-0.25, -0.2) is 0 Å². The number of nitrogens with one attached hydrogen (secondary N) is 1. The lowest BCUT2D eigenvalue weighted by molar-refractivity contribution is 0.122. The zero-order chi connectivity index (χ0) is 14.0. The highest BCUT2D eigenvalue weighted by molar-refractivity contribution is 7.99. The summed E-state index contributed by atoms with van der Waals surface area (Å²) in [5.41, 5.74) is 0.0417. The van der Waals surface area contributed by atoms with Crippen molar-refractivity contribution in [2.75, 3.05) is 24.7 Å². The topological polar surface area (TPSA) is 32.3 Å². The highest BCUT2D eigenvalue weighted by Gasteiger charge is 2.41. The van der Waals surface area contributed by atoms with E-state index in [-0.39, 0.29) is 5.54 Å². The van der Waals surface area contributed by atoms with Crippen LogP contribution in [0.3, 0.4) is 0 Å². The van der Waals surface area contributed by atoms with Gasteiger partial charge >= 0.3 is 0 Å². The van der Waals surface area contributed by atoms with Gasteiger partial charge in [0.05, 0.1) is 6.61 Å². The normalized spacial score (nSPS) is 27.0. The van der Waals surface area contributed by atoms with Crippen LogP contribution < -0.4 is 5.32 Å². The third kappa shape index (κ3) is 5.65. The second-order valence-corrected chi connectivity index (χ2v) is 7.16. The minimum absolute atomic E-state index is 0.0417. The predicted molar refractivity (Wildman–Crippen MR) is 86.9 cm³/mol. The van der Waals surface area contributed by atoms with Crippen LogP contribution in [0.2, 0.25) is 0 Å². The molecule has 114 valence electrons. The van der Waals surface area contributed by atoms with E-state index in [0.29, 0.717) is 12.5 Å². The fourth-order valence-electron chi connectivity index (χ4n) is 3.22. The summed E-state index contributed by atoms with van der Waals surface area (Å²) < 4.78 is 0. The van der Waals surface area contributed by atoms with Crippen molar-refractivity contribution in [1.82, 2.24) is 5.32 Å². The van der Waals surface area contributed by atoms with Gasteiger partial charge < -0.3 is 10.4 Å². The van der Waals surface area contributed by atoms with Crippen molar-refractivity contribution in [1.29, 1.82) is 0 Å². The van der Waals surface area contributed by atoms with E-state index in [0.717, 1.165) is 19.4 Å². The Hall–Kier alpha value is 0.270. The van der Waals surface area contributed by atoms with E-state index < -0.39 is 0 Å². The summed E-state index contributed by atoms with van der Waals surface area (Å²) >= 11 is 2.11. The molecule has 0 radical (unpaired) electrons. The third-order valence-corrected chi connectivity index (χ3v) is 5.57. The van der Waals surface area contributed by atoms with Crippen LogP contribution in [0.5, 0.6) is 0 Å². The quantitative estimate of drug-likeness (QED) is 0.566. The van der Waals surface area contributed by atoms with Crippen molar-refractivity contribution in [3.8, 4) is 0 Å². The first-order valence-corrected chi connectivity index (χ1v) is 9.38. The van der Waals surface area contributed by atoms with E-state index in [9.17, 15) is 5.11 Å². The molecule has 3 heteroatoms. The number of rotatable bonds is 11. The molecule has 2 nitrogen and oxygen atoms in total. The first kappa shape index (κ1) is 17.3. The molecule has 1 saturated carbocycles. The van der Waals surface area contributed by atoms with Crippen LogP contribution in [0, 0.1) is 5.92 Å². The van der Waals surface area contributed by atoms with Crippen molar-refractivity contribution < 1.29 is 5.11 Å². The van der Waals surface area contributed by atoms with Crippen molar-refractivity contribution >= 4 is 11.8 Å². The monoisotopic (exact) mass is 287 g/mol. The lowest BCUT2D eigenvalue weighted by Gasteiger charge is -2.35. The highest BCUT2D eigenvalue weighted by Crippen LogP contribution is 2.38. The standard InChI is InChI=1S/C16H33NOS/c1-3-5-6-12-19-13-9-15-8-7-10-16(15,14-18)17-11-4-2/h15,17-18H,3-14H2,1-2H3. The van der Waals surface area contributed by atoms with Gasteiger partial charge in [-0.2, -0.15) is 11.8 Å². The molecule has 0 aliphatic heterocycles. The van der Waals surface area contributed by atoms with Gasteiger partial charge in [-0.1, -0.05) is 33.1 Å². The van der Waals surface area contributed by atoms with E-state index in [2.05, 4.69) is 30.9 Å². The summed E-state index contributed by atoms with van der Waals surface area (Å²) in [5, 5.41) is 13.5. The lowest BCUT2D eigenvalue weighted by atomic mass is 9.85. The Morgan fingerprint density at radius 3 is 2.74 bits per heavy atom. The molecule has 1 rings (SSSR count). The molecule has 0 aromatic rings. The van der Waals surface area contributed by atoms with Crippen LogP contribution >= 0.6 is 11.8 Å². The van der Waals surface area contributed by atoms with E-state index in [1.807, 2.05) is 0 Å². The summed E-state index contributed by atoms with van der Waals surface area (Å²) in [6.45, 7) is 5.82. The molecule has 19 heavy (non-hydrogen) atoms. The van der Waals surface area contributed by atoms with E-state index in [1.165, 1.54) is 50.0 Å². The SMILES string of the molecule is CCCCCSCCC1CCCC1(CO)NCCC. The number of unbranched alkanes of at least 4 members (excludes halogenated alkanes) is 2. The predicted octanol–water partition coefficient (Wildman–Crippen LogP) is 3.83. The molecule has 0 aromatic heterocycles. The van der Waals surface area contributed by atoms with Crippen LogP contribution in [0.1, 0.15) is 65.2 Å². The minimum atomic E-state index is 0.0417. The van der Waals surface area contributed by atoms with Crippen LogP contribution in [0.4, 0.5) is 0 Å². The average Bonchev–Trinajstić information content (AvgIpc) is 2.84. The van der Waals surface area contributed by atoms with Gasteiger partial charge in [0.25, 0.3) is 0 Å². The molecule has 0 heterocycles. The molecule has 1 aliphatic rings. The molecule has 0 amide bonds. The Balaban J connectivity index is 2.26. The first-order valence-electron chi connectivity index (χ1n) is 8.22. The Bertz CT molecular complexity index is 225. The third-order valence-electron chi connectivity index (χ3n) is 4.47. The van der Waals surface area contributed by atoms with Crippen LogP contribution in [-0.4, -0.2) is 35.3 Å². The Kier molecular flexibility index (Phi) is 9.17. The van der Waals surface area contributed by atoms with Crippen LogP contribution in [0.15, 0.2) is 0 Å². The summed E-state index contributed by atoms with van der Waals surface area (Å²) in [7, 11) is 0. The fourth-order valence-corrected chi connectivity index (χ4v) is 4.28. The smallest absolute Gasteiger partial charge is 0.0616 e. The highest BCUT2D eigenvalue weighted by atomic mass is 32.2. The first-order chi connectivity index (χ1) is 9.29. The van der Waals surface area contributed by atoms with Crippen molar-refractivity contribution in [2.45, 2.75) is 70.8 Å². The molecule has 0 aromatic carbocycles. The maximum atomic E-state index is 9.82. The zero-order valence-corrected chi connectivity index (χ0v) is 13.7. The second kappa shape index (κ2) is 10.1. The van der Waals surface area contributed by atoms with Gasteiger partial charge in [0.15, 0.2) is 0 Å². The molecule has 2 atom stereocenters. The molecular formula is C16H33NOS. The molecule has 1 aliphatic carbocycles. The Morgan fingerprint density at radius 1 is 1.21 bits per heavy atom. The van der Waals surface area contributed by atoms with E-state index >= 15 is 0 Å². The van der Waals surface area contributed by atoms with Crippen molar-refractivity contribution in [3.63, 3.8) is 0 Å². The van der Waals surface area contributed by atoms with Crippen molar-refractivity contribution in [3.05, 3.63) is 0 Å². The fraction of sp³-hybridized carbons (Fsp3) is 1.00. The van der Waals surface area contributed by atoms with Crippen molar-refractivity contribution in [2.24, 2.45) is 5.92 Å². The molecule has 0 saturated heterocycles. The van der Waals surface area contributed by atoms with Gasteiger partial charge in [0.1, 0.15) is 0 Å². The summed E-state index contributed by atoms with van der Waals surface area (Å²) in [5.74, 6) is 3.27. The largest absolute Gasteiger partial charge is 0.394 e. The summed E-state index contributed by atoms with van der Waals surface area (Å²) in [6.07, 6.45) is 10.2. The van der Waals surface area contributed by atoms with E-state index in [1.54, 1.807) is 0 Å². The maximum absolute atomic E-state index is 9.82. The van der Waals surface area contributed by atoms with Crippen LogP contribution in [-0.2, 0) is 0 Å². The molecular weight excluding hydrogens is 254 g/mol. The molecule has 2 N–H and O–H groups in total. The zero-order valence-electron chi connectivity index (χ0n) is 12.9. The van der Waals surface area contributed by atoms with Gasteiger partial charge in [-0.05, 0) is 56.1 Å². The minimum Gasteiger partial charge on any atom is -0.394 e. The van der Waals surface area contributed by atoms with Gasteiger partial charge in [-0.15, -0.1) is 0 Å². The molecule has 0 spiro atoms. The van der Waals surface area contributed by atoms with Gasteiger partial charge in [0.2, 0.25) is 0 Å². The lowest BCUT2D eigenvalue weighted by Crippen LogP contribution is -2.51. The maximum Gasteiger partial charge on any atom is 0.0616 e. The number of hydrogen-bond donors (Lipinski definition) is 2. The average molecular weight is 288 g/mol. The number of aliphatic hydroxyl groups excluding tert-OH is 1. The van der Waals surface area contributed by atoms with Crippen LogP contribution in [0.25, 0.3) is 0 Å². The molecule has 0 bridgehead atoms. The number of thioether (sulfide) groups is 1. The molecule has 1 fully saturated rings. The Morgan fingerprint density at radius 2 is 2.05 bits per heavy atom.